The van der Waals surface area contributed by atoms with E-state index in [0.717, 1.165) is 60.8 Å². The largest absolute Gasteiger partial charge is 0.390 e. The molecule has 1 aliphatic rings. The van der Waals surface area contributed by atoms with E-state index >= 15 is 0 Å². The van der Waals surface area contributed by atoms with Crippen LogP contribution in [-0.4, -0.2) is 78.3 Å². The number of aryl methyl sites for hydroxylation is 2. The number of nitrogens with one attached hydrogen (secondary N) is 1. The summed E-state index contributed by atoms with van der Waals surface area (Å²) in [4.78, 5) is 13.8. The summed E-state index contributed by atoms with van der Waals surface area (Å²) in [6.45, 7) is 5.39. The van der Waals surface area contributed by atoms with E-state index in [-0.39, 0.29) is 45.4 Å². The van der Waals surface area contributed by atoms with E-state index in [1.165, 1.54) is 41.5 Å². The SMILES string of the molecule is CCCCCc1ccc(-c2ccc(CCCCC(=O)N[C@@H](COC3OC(COCc4ccccc4)C(OCc4ccccc4)C(OCc4ccccc4)C3OCc3ccccc3)[C@H](O)[C@H](O)CCCCC)cc2)cc1. The van der Waals surface area contributed by atoms with E-state index in [1.54, 1.807) is 0 Å². The summed E-state index contributed by atoms with van der Waals surface area (Å²) in [6.07, 6.45) is 3.92. The maximum Gasteiger partial charge on any atom is 0.220 e. The second-order valence-corrected chi connectivity index (χ2v) is 19.9. The van der Waals surface area contributed by atoms with Crippen LogP contribution in [0, 0.1) is 0 Å². The summed E-state index contributed by atoms with van der Waals surface area (Å²) in [7, 11) is 0. The molecule has 0 saturated carbocycles. The quantitative estimate of drug-likeness (QED) is 0.0346. The summed E-state index contributed by atoms with van der Waals surface area (Å²) in [5, 5.41) is 26.3. The third-order valence-corrected chi connectivity index (χ3v) is 14.0. The molecule has 6 aromatic carbocycles. The van der Waals surface area contributed by atoms with E-state index in [1.807, 2.05) is 121 Å². The van der Waals surface area contributed by atoms with Crippen LogP contribution in [0.15, 0.2) is 170 Å². The molecule has 400 valence electrons. The molecule has 7 rings (SSSR count). The zero-order valence-corrected chi connectivity index (χ0v) is 44.3. The van der Waals surface area contributed by atoms with Gasteiger partial charge in [-0.15, -0.1) is 0 Å². The lowest BCUT2D eigenvalue weighted by Gasteiger charge is -2.46. The molecule has 1 amide bonds. The normalized spacial score (nSPS) is 18.8. The van der Waals surface area contributed by atoms with Gasteiger partial charge in [-0.25, -0.2) is 0 Å². The lowest BCUT2D eigenvalue weighted by molar-refractivity contribution is -0.330. The van der Waals surface area contributed by atoms with Gasteiger partial charge in [0.25, 0.3) is 0 Å². The number of amides is 1. The highest BCUT2D eigenvalue weighted by atomic mass is 16.7. The molecule has 6 aromatic rings. The molecule has 1 heterocycles. The third kappa shape index (κ3) is 19.2. The minimum atomic E-state index is -1.31. The number of unbranched alkanes of at least 4 members (excludes halogenated alkanes) is 5. The average Bonchev–Trinajstić information content (AvgIpc) is 3.45. The van der Waals surface area contributed by atoms with Crippen LogP contribution in [0.1, 0.15) is 111 Å². The van der Waals surface area contributed by atoms with Crippen LogP contribution < -0.4 is 5.32 Å². The molecular formula is C65H81NO9. The number of aliphatic hydroxyl groups is 2. The maximum absolute atomic E-state index is 13.8. The van der Waals surface area contributed by atoms with Crippen molar-refractivity contribution in [3.8, 4) is 11.1 Å². The summed E-state index contributed by atoms with van der Waals surface area (Å²) in [5.41, 5.74) is 8.90. The lowest BCUT2D eigenvalue weighted by atomic mass is 9.97. The molecule has 5 unspecified atom stereocenters. The second-order valence-electron chi connectivity index (χ2n) is 19.9. The van der Waals surface area contributed by atoms with E-state index in [9.17, 15) is 15.0 Å². The number of carbonyl (C=O) groups is 1. The summed E-state index contributed by atoms with van der Waals surface area (Å²) in [5.74, 6) is -0.232. The van der Waals surface area contributed by atoms with Gasteiger partial charge in [-0.3, -0.25) is 4.79 Å². The van der Waals surface area contributed by atoms with Crippen molar-refractivity contribution < 1.29 is 43.4 Å². The number of benzene rings is 6. The fourth-order valence-electron chi connectivity index (χ4n) is 9.55. The smallest absolute Gasteiger partial charge is 0.220 e. The average molecular weight is 1020 g/mol. The van der Waals surface area contributed by atoms with Crippen LogP contribution in [0.3, 0.4) is 0 Å². The van der Waals surface area contributed by atoms with Gasteiger partial charge in [-0.2, -0.15) is 0 Å². The topological polar surface area (TPSA) is 125 Å². The van der Waals surface area contributed by atoms with Crippen molar-refractivity contribution in [2.45, 2.75) is 166 Å². The molecule has 75 heavy (non-hydrogen) atoms. The fraction of sp³-hybridized carbons (Fsp3) is 0.431. The molecule has 10 nitrogen and oxygen atoms in total. The molecular weight excluding hydrogens is 939 g/mol. The second kappa shape index (κ2) is 32.1. The van der Waals surface area contributed by atoms with E-state index < -0.39 is 49.0 Å². The minimum absolute atomic E-state index is 0.140. The maximum atomic E-state index is 13.8. The minimum Gasteiger partial charge on any atom is -0.390 e. The molecule has 1 aliphatic heterocycles. The first-order valence-electron chi connectivity index (χ1n) is 27.6. The Labute approximate surface area is 446 Å². The number of rotatable bonds is 33. The molecule has 0 radical (unpaired) electrons. The van der Waals surface area contributed by atoms with Crippen molar-refractivity contribution in [1.82, 2.24) is 5.32 Å². The predicted octanol–water partition coefficient (Wildman–Crippen LogP) is 12.3. The molecule has 0 bridgehead atoms. The van der Waals surface area contributed by atoms with Gasteiger partial charge in [0.1, 0.15) is 30.5 Å². The van der Waals surface area contributed by atoms with Crippen molar-refractivity contribution in [3.05, 3.63) is 203 Å². The van der Waals surface area contributed by atoms with Gasteiger partial charge in [0.2, 0.25) is 5.91 Å². The molecule has 1 fully saturated rings. The first-order chi connectivity index (χ1) is 36.9. The summed E-state index contributed by atoms with van der Waals surface area (Å²) in [6, 6.07) is 56.4. The fourth-order valence-corrected chi connectivity index (χ4v) is 9.55. The van der Waals surface area contributed by atoms with Gasteiger partial charge >= 0.3 is 0 Å². The third-order valence-electron chi connectivity index (χ3n) is 14.0. The molecule has 3 N–H and O–H groups in total. The number of carbonyl (C=O) groups excluding carboxylic acids is 1. The van der Waals surface area contributed by atoms with Gasteiger partial charge in [0, 0.05) is 6.42 Å². The predicted molar refractivity (Wildman–Crippen MR) is 297 cm³/mol. The van der Waals surface area contributed by atoms with E-state index in [4.69, 9.17) is 28.4 Å². The molecule has 1 saturated heterocycles. The zero-order chi connectivity index (χ0) is 52.3. The Balaban J connectivity index is 1.07. The van der Waals surface area contributed by atoms with Gasteiger partial charge < -0.3 is 44.0 Å². The first-order valence-corrected chi connectivity index (χ1v) is 27.6. The highest BCUT2D eigenvalue weighted by molar-refractivity contribution is 5.76. The van der Waals surface area contributed by atoms with Crippen molar-refractivity contribution >= 4 is 5.91 Å². The Morgan fingerprint density at radius 3 is 1.47 bits per heavy atom. The molecule has 10 heteroatoms. The van der Waals surface area contributed by atoms with E-state index in [0.29, 0.717) is 19.4 Å². The molecule has 0 spiro atoms. The van der Waals surface area contributed by atoms with Crippen molar-refractivity contribution in [1.29, 1.82) is 0 Å². The molecule has 0 aromatic heterocycles. The number of aliphatic hydroxyl groups excluding tert-OH is 2. The Hall–Kier alpha value is -5.53. The zero-order valence-electron chi connectivity index (χ0n) is 44.3. The van der Waals surface area contributed by atoms with Crippen LogP contribution >= 0.6 is 0 Å². The number of ether oxygens (including phenoxy) is 6. The first kappa shape index (κ1) is 57.2. The van der Waals surface area contributed by atoms with E-state index in [2.05, 4.69) is 67.7 Å². The molecule has 8 atom stereocenters. The summed E-state index contributed by atoms with van der Waals surface area (Å²) >= 11 is 0. The van der Waals surface area contributed by atoms with Crippen LogP contribution in [-0.2, 0) is 72.5 Å². The Morgan fingerprint density at radius 1 is 0.507 bits per heavy atom. The van der Waals surface area contributed by atoms with Crippen LogP contribution in [0.4, 0.5) is 0 Å². The Kier molecular flexibility index (Phi) is 24.5. The van der Waals surface area contributed by atoms with Gasteiger partial charge in [-0.05, 0) is 83.0 Å². The van der Waals surface area contributed by atoms with Crippen molar-refractivity contribution in [3.63, 3.8) is 0 Å². The number of hydrogen-bond acceptors (Lipinski definition) is 9. The van der Waals surface area contributed by atoms with Crippen molar-refractivity contribution in [2.75, 3.05) is 13.2 Å². The van der Waals surface area contributed by atoms with Crippen LogP contribution in [0.25, 0.3) is 11.1 Å². The Bertz CT molecular complexity index is 2440. The highest BCUT2D eigenvalue weighted by Crippen LogP contribution is 2.32. The van der Waals surface area contributed by atoms with Gasteiger partial charge in [0.05, 0.1) is 51.8 Å². The van der Waals surface area contributed by atoms with Crippen LogP contribution in [0.5, 0.6) is 0 Å². The monoisotopic (exact) mass is 1020 g/mol. The molecule has 0 aliphatic carbocycles. The lowest BCUT2D eigenvalue weighted by Crippen LogP contribution is -2.62. The Morgan fingerprint density at radius 2 is 0.960 bits per heavy atom. The van der Waals surface area contributed by atoms with Gasteiger partial charge in [0.15, 0.2) is 6.29 Å². The van der Waals surface area contributed by atoms with Gasteiger partial charge in [-0.1, -0.05) is 216 Å². The highest BCUT2D eigenvalue weighted by Gasteiger charge is 2.49. The van der Waals surface area contributed by atoms with Crippen molar-refractivity contribution in [2.24, 2.45) is 0 Å². The standard InChI is InChI=1S/C65H81NO9/c1-3-5-11-23-49-35-39-55(40-36-49)56-41-37-50(38-42-56)24-21-22-34-60(68)66-57(61(69)58(67)33-12-6-4-2)47-74-65-64(73-46-54-31-19-10-20-32-54)63(72-45-53-29-17-9-18-30-53)62(71-44-52-27-15-8-16-28-52)59(75-65)48-70-43-51-25-13-7-14-26-51/h7-10,13-20,25-32,35-42,57-59,61-65,67,69H,3-6,11-12,21-24,33-34,43-48H2,1-2H3,(H,66,68)/t57-,58+,59?,61-,62?,63?,64?,65?/m0/s1. The summed E-state index contributed by atoms with van der Waals surface area (Å²) < 4.78 is 40.6. The number of hydrogen-bond donors (Lipinski definition) is 3. The van der Waals surface area contributed by atoms with Crippen LogP contribution in [0.2, 0.25) is 0 Å².